The number of benzene rings is 1. The molecule has 0 aliphatic carbocycles. The van der Waals surface area contributed by atoms with E-state index in [1.807, 2.05) is 18.2 Å². The lowest BCUT2D eigenvalue weighted by atomic mass is 10.2. The third kappa shape index (κ3) is 2.08. The van der Waals surface area contributed by atoms with Gasteiger partial charge in [0.25, 0.3) is 0 Å². The maximum atomic E-state index is 5.19. The van der Waals surface area contributed by atoms with Gasteiger partial charge in [-0.3, -0.25) is 0 Å². The normalized spacial score (nSPS) is 9.87. The molecule has 1 aromatic carbocycles. The number of aromatic nitrogens is 2. The Labute approximate surface area is 96.1 Å². The predicted molar refractivity (Wildman–Crippen MR) is 64.6 cm³/mol. The third-order valence-corrected chi connectivity index (χ3v) is 2.45. The van der Waals surface area contributed by atoms with Crippen LogP contribution in [0.15, 0.2) is 29.0 Å². The maximum Gasteiger partial charge on any atom is 0.138 e. The van der Waals surface area contributed by atoms with Crippen LogP contribution in [0.2, 0.25) is 0 Å². The topological polar surface area (TPSA) is 37.8 Å². The van der Waals surface area contributed by atoms with Crippen LogP contribution in [0.5, 0.6) is 0 Å². The first kappa shape index (κ1) is 9.94. The molecule has 0 unspecified atom stereocenters. The van der Waals surface area contributed by atoms with Crippen LogP contribution >= 0.6 is 15.9 Å². The van der Waals surface area contributed by atoms with Crippen molar-refractivity contribution >= 4 is 32.7 Å². The van der Waals surface area contributed by atoms with E-state index in [2.05, 4.69) is 37.1 Å². The highest BCUT2D eigenvalue weighted by atomic mass is 79.9. The molecule has 2 rings (SSSR count). The van der Waals surface area contributed by atoms with Crippen molar-refractivity contribution in [3.05, 3.63) is 29.0 Å². The first-order chi connectivity index (χ1) is 7.31. The smallest absolute Gasteiger partial charge is 0.138 e. The summed E-state index contributed by atoms with van der Waals surface area (Å²) < 4.78 is 0.994. The van der Waals surface area contributed by atoms with Crippen LogP contribution in [-0.4, -0.2) is 16.5 Å². The van der Waals surface area contributed by atoms with Gasteiger partial charge in [0, 0.05) is 9.86 Å². The van der Waals surface area contributed by atoms with Crippen LogP contribution in [0.4, 0.5) is 5.82 Å². The Morgan fingerprint density at radius 3 is 3.07 bits per heavy atom. The largest absolute Gasteiger partial charge is 0.359 e. The lowest BCUT2D eigenvalue weighted by molar-refractivity contribution is 1.19. The van der Waals surface area contributed by atoms with E-state index >= 15 is 0 Å². The summed E-state index contributed by atoms with van der Waals surface area (Å²) in [6.45, 7) is 0.457. The van der Waals surface area contributed by atoms with Gasteiger partial charge in [-0.15, -0.1) is 6.42 Å². The van der Waals surface area contributed by atoms with E-state index in [-0.39, 0.29) is 0 Å². The Morgan fingerprint density at radius 2 is 2.27 bits per heavy atom. The molecule has 0 fully saturated rings. The Bertz CT molecular complexity index is 531. The first-order valence-corrected chi connectivity index (χ1v) is 5.18. The average Bonchev–Trinajstić information content (AvgIpc) is 2.26. The summed E-state index contributed by atoms with van der Waals surface area (Å²) in [6.07, 6.45) is 6.71. The molecule has 0 aliphatic heterocycles. The molecule has 74 valence electrons. The average molecular weight is 262 g/mol. The second-order valence-electron chi connectivity index (χ2n) is 2.94. The molecule has 1 N–H and O–H groups in total. The third-order valence-electron chi connectivity index (χ3n) is 1.96. The summed E-state index contributed by atoms with van der Waals surface area (Å²) >= 11 is 3.41. The minimum atomic E-state index is 0.457. The van der Waals surface area contributed by atoms with Gasteiger partial charge < -0.3 is 5.32 Å². The number of hydrogen-bond donors (Lipinski definition) is 1. The van der Waals surface area contributed by atoms with Gasteiger partial charge in [-0.25, -0.2) is 9.97 Å². The van der Waals surface area contributed by atoms with Gasteiger partial charge in [-0.1, -0.05) is 21.9 Å². The first-order valence-electron chi connectivity index (χ1n) is 4.39. The van der Waals surface area contributed by atoms with Gasteiger partial charge in [0.1, 0.15) is 12.1 Å². The monoisotopic (exact) mass is 261 g/mol. The maximum absolute atomic E-state index is 5.19. The molecule has 4 heteroatoms. The summed E-state index contributed by atoms with van der Waals surface area (Å²) in [5.74, 6) is 3.28. The molecule has 0 radical (unpaired) electrons. The van der Waals surface area contributed by atoms with Crippen molar-refractivity contribution in [2.75, 3.05) is 11.9 Å². The SMILES string of the molecule is C#CCNc1ncnc2ccc(Br)cc12. The highest BCUT2D eigenvalue weighted by molar-refractivity contribution is 9.10. The highest BCUT2D eigenvalue weighted by Crippen LogP contribution is 2.22. The molecule has 0 saturated carbocycles. The fourth-order valence-electron chi connectivity index (χ4n) is 1.30. The summed E-state index contributed by atoms with van der Waals surface area (Å²) in [6, 6.07) is 5.84. The van der Waals surface area contributed by atoms with Crippen molar-refractivity contribution < 1.29 is 0 Å². The number of terminal acetylenes is 1. The molecule has 0 aliphatic rings. The molecule has 3 nitrogen and oxygen atoms in total. The quantitative estimate of drug-likeness (QED) is 0.845. The van der Waals surface area contributed by atoms with Crippen LogP contribution in [-0.2, 0) is 0 Å². The summed E-state index contributed by atoms with van der Waals surface area (Å²) in [5, 5.41) is 4.02. The summed E-state index contributed by atoms with van der Waals surface area (Å²) in [5.41, 5.74) is 0.896. The Balaban J connectivity index is 2.54. The molecular formula is C11H8BrN3. The van der Waals surface area contributed by atoms with Crippen LogP contribution < -0.4 is 5.32 Å². The number of fused-ring (bicyclic) bond motifs is 1. The van der Waals surface area contributed by atoms with Gasteiger partial charge in [-0.2, -0.15) is 0 Å². The van der Waals surface area contributed by atoms with E-state index in [0.717, 1.165) is 21.2 Å². The molecule has 0 saturated heterocycles. The number of hydrogen-bond acceptors (Lipinski definition) is 3. The summed E-state index contributed by atoms with van der Waals surface area (Å²) in [4.78, 5) is 8.31. The zero-order chi connectivity index (χ0) is 10.7. The number of nitrogens with one attached hydrogen (secondary N) is 1. The van der Waals surface area contributed by atoms with Crippen molar-refractivity contribution in [1.29, 1.82) is 0 Å². The van der Waals surface area contributed by atoms with Gasteiger partial charge in [0.15, 0.2) is 0 Å². The van der Waals surface area contributed by atoms with E-state index in [1.54, 1.807) is 0 Å². The van der Waals surface area contributed by atoms with Crippen LogP contribution in [0, 0.1) is 12.3 Å². The molecule has 0 spiro atoms. The van der Waals surface area contributed by atoms with Gasteiger partial charge in [0.2, 0.25) is 0 Å². The van der Waals surface area contributed by atoms with Crippen molar-refractivity contribution in [2.24, 2.45) is 0 Å². The number of halogens is 1. The van der Waals surface area contributed by atoms with E-state index in [9.17, 15) is 0 Å². The lowest BCUT2D eigenvalue weighted by Crippen LogP contribution is -2.01. The Kier molecular flexibility index (Phi) is 2.84. The minimum Gasteiger partial charge on any atom is -0.359 e. The fourth-order valence-corrected chi connectivity index (χ4v) is 1.67. The van der Waals surface area contributed by atoms with E-state index < -0.39 is 0 Å². The standard InChI is InChI=1S/C11H8BrN3/c1-2-5-13-11-9-6-8(12)3-4-10(9)14-7-15-11/h1,3-4,6-7H,5H2,(H,13,14,15). The zero-order valence-electron chi connectivity index (χ0n) is 7.87. The van der Waals surface area contributed by atoms with Crippen molar-refractivity contribution in [3.8, 4) is 12.3 Å². The Morgan fingerprint density at radius 1 is 1.40 bits per heavy atom. The van der Waals surface area contributed by atoms with Gasteiger partial charge in [-0.05, 0) is 18.2 Å². The van der Waals surface area contributed by atoms with Crippen molar-refractivity contribution in [3.63, 3.8) is 0 Å². The van der Waals surface area contributed by atoms with E-state index in [4.69, 9.17) is 6.42 Å². The number of rotatable bonds is 2. The molecule has 1 heterocycles. The summed E-state index contributed by atoms with van der Waals surface area (Å²) in [7, 11) is 0. The molecule has 0 bridgehead atoms. The number of anilines is 1. The zero-order valence-corrected chi connectivity index (χ0v) is 9.45. The van der Waals surface area contributed by atoms with Crippen molar-refractivity contribution in [1.82, 2.24) is 9.97 Å². The molecule has 1 aromatic heterocycles. The highest BCUT2D eigenvalue weighted by Gasteiger charge is 2.02. The molecule has 2 aromatic rings. The fraction of sp³-hybridized carbons (Fsp3) is 0.0909. The lowest BCUT2D eigenvalue weighted by Gasteiger charge is -2.05. The molecular weight excluding hydrogens is 254 g/mol. The minimum absolute atomic E-state index is 0.457. The second kappa shape index (κ2) is 4.28. The van der Waals surface area contributed by atoms with Crippen LogP contribution in [0.25, 0.3) is 10.9 Å². The van der Waals surface area contributed by atoms with Crippen LogP contribution in [0.3, 0.4) is 0 Å². The molecule has 15 heavy (non-hydrogen) atoms. The molecule has 0 amide bonds. The second-order valence-corrected chi connectivity index (χ2v) is 3.86. The van der Waals surface area contributed by atoms with Gasteiger partial charge in [0.05, 0.1) is 12.1 Å². The Hall–Kier alpha value is -1.60. The molecule has 0 atom stereocenters. The van der Waals surface area contributed by atoms with Crippen LogP contribution in [0.1, 0.15) is 0 Å². The predicted octanol–water partition coefficient (Wildman–Crippen LogP) is 2.44. The number of nitrogens with zero attached hydrogens (tertiary/aromatic N) is 2. The van der Waals surface area contributed by atoms with E-state index in [1.165, 1.54) is 6.33 Å². The van der Waals surface area contributed by atoms with Gasteiger partial charge >= 0.3 is 0 Å². The van der Waals surface area contributed by atoms with Crippen molar-refractivity contribution in [2.45, 2.75) is 0 Å². The van der Waals surface area contributed by atoms with E-state index in [0.29, 0.717) is 6.54 Å².